The summed E-state index contributed by atoms with van der Waals surface area (Å²) in [6, 6.07) is 11.9. The predicted octanol–water partition coefficient (Wildman–Crippen LogP) is 2.31. The minimum Gasteiger partial charge on any atom is -0.344 e. The molecule has 19 heavy (non-hydrogen) atoms. The van der Waals surface area contributed by atoms with Gasteiger partial charge in [0.05, 0.1) is 0 Å². The third-order valence-electron chi connectivity index (χ3n) is 2.71. The largest absolute Gasteiger partial charge is 0.344 e. The second-order valence-electron chi connectivity index (χ2n) is 4.16. The summed E-state index contributed by atoms with van der Waals surface area (Å²) in [7, 11) is -4.75. The lowest BCUT2D eigenvalue weighted by Crippen LogP contribution is -2.01. The van der Waals surface area contributed by atoms with Crippen molar-refractivity contribution in [1.82, 2.24) is 0 Å². The molecular formula is C11H12O5P2S. The molecule has 0 aliphatic carbocycles. The second kappa shape index (κ2) is 5.08. The second-order valence-corrected chi connectivity index (χ2v) is 9.57. The van der Waals surface area contributed by atoms with Gasteiger partial charge in [-0.1, -0.05) is 36.4 Å². The first-order valence-corrected chi connectivity index (χ1v) is 9.74. The highest BCUT2D eigenvalue weighted by molar-refractivity contribution is 8.11. The molecule has 0 aromatic heterocycles. The van der Waals surface area contributed by atoms with Crippen molar-refractivity contribution in [1.29, 1.82) is 0 Å². The van der Waals surface area contributed by atoms with Gasteiger partial charge in [0.1, 0.15) is 0 Å². The molecule has 0 radical (unpaired) electrons. The monoisotopic (exact) mass is 318 g/mol. The van der Waals surface area contributed by atoms with Crippen LogP contribution in [0.5, 0.6) is 0 Å². The van der Waals surface area contributed by atoms with E-state index in [9.17, 15) is 24.1 Å². The minimum absolute atomic E-state index is 0.139. The average Bonchev–Trinajstić information content (AvgIpc) is 2.25. The fourth-order valence-electron chi connectivity index (χ4n) is 1.95. The average molecular weight is 318 g/mol. The van der Waals surface area contributed by atoms with Gasteiger partial charge in [0, 0.05) is 0 Å². The predicted molar refractivity (Wildman–Crippen MR) is 77.5 cm³/mol. The molecule has 5 nitrogen and oxygen atoms in total. The van der Waals surface area contributed by atoms with Crippen LogP contribution in [0.15, 0.2) is 42.5 Å². The van der Waals surface area contributed by atoms with E-state index in [1.54, 1.807) is 18.2 Å². The summed E-state index contributed by atoms with van der Waals surface area (Å²) in [5.41, 5.74) is 0.139. The topological polar surface area (TPSA) is 98.0 Å². The van der Waals surface area contributed by atoms with Gasteiger partial charge in [-0.3, -0.25) is 4.57 Å². The lowest BCUT2D eigenvalue weighted by molar-refractivity contribution is 0.363. The summed E-state index contributed by atoms with van der Waals surface area (Å²) in [5.74, 6) is 0. The highest BCUT2D eigenvalue weighted by atomic mass is 32.5. The fourth-order valence-corrected chi connectivity index (χ4v) is 6.09. The molecule has 0 bridgehead atoms. The van der Waals surface area contributed by atoms with E-state index in [0.29, 0.717) is 0 Å². The van der Waals surface area contributed by atoms with Crippen molar-refractivity contribution in [2.24, 2.45) is 0 Å². The number of hydrogen-bond acceptors (Lipinski definition) is 2. The van der Waals surface area contributed by atoms with E-state index in [1.165, 1.54) is 12.1 Å². The van der Waals surface area contributed by atoms with E-state index in [-0.39, 0.29) is 5.56 Å². The van der Waals surface area contributed by atoms with E-state index in [2.05, 4.69) is 11.8 Å². The quantitative estimate of drug-likeness (QED) is 0.648. The summed E-state index contributed by atoms with van der Waals surface area (Å²) >= 11 is 4.49. The SMILES string of the molecule is O=P(O)(O)C(c1ccc2ccccc2c1)P(O)(O)=S. The van der Waals surface area contributed by atoms with Crippen LogP contribution in [0.4, 0.5) is 0 Å². The zero-order valence-electron chi connectivity index (χ0n) is 9.62. The molecule has 102 valence electrons. The molecule has 4 N–H and O–H groups in total. The van der Waals surface area contributed by atoms with Gasteiger partial charge < -0.3 is 19.6 Å². The smallest absolute Gasteiger partial charge is 0.342 e. The molecule has 2 aromatic rings. The summed E-state index contributed by atoms with van der Waals surface area (Å²) < 4.78 is 11.5. The van der Waals surface area contributed by atoms with Crippen molar-refractivity contribution in [3.8, 4) is 0 Å². The van der Waals surface area contributed by atoms with E-state index < -0.39 is 19.5 Å². The van der Waals surface area contributed by atoms with Gasteiger partial charge in [0.2, 0.25) is 6.49 Å². The molecule has 0 aliphatic rings. The maximum absolute atomic E-state index is 11.5. The van der Waals surface area contributed by atoms with Gasteiger partial charge in [-0.2, -0.15) is 0 Å². The van der Waals surface area contributed by atoms with E-state index in [1.807, 2.05) is 12.1 Å². The summed E-state index contributed by atoms with van der Waals surface area (Å²) in [4.78, 5) is 37.6. The van der Waals surface area contributed by atoms with Crippen LogP contribution in [0.2, 0.25) is 0 Å². The Bertz CT molecular complexity index is 683. The Labute approximate surface area is 114 Å². The molecule has 2 rings (SSSR count). The Morgan fingerprint density at radius 3 is 2.05 bits per heavy atom. The zero-order valence-corrected chi connectivity index (χ0v) is 12.2. The first-order valence-electron chi connectivity index (χ1n) is 5.29. The van der Waals surface area contributed by atoms with Crippen LogP contribution in [-0.4, -0.2) is 19.6 Å². The minimum atomic E-state index is -4.75. The first-order chi connectivity index (χ1) is 8.69. The molecule has 0 fully saturated rings. The standard InChI is InChI=1S/C11H12O5P2S/c12-17(13,14)11(18(15,16)19)10-6-5-8-3-1-2-4-9(8)7-10/h1-7,11H,(H2,12,13,14)(H2,15,16,19). The van der Waals surface area contributed by atoms with E-state index in [4.69, 9.17) is 0 Å². The van der Waals surface area contributed by atoms with Gasteiger partial charge in [0.25, 0.3) is 0 Å². The van der Waals surface area contributed by atoms with Crippen LogP contribution in [-0.2, 0) is 16.4 Å². The summed E-state index contributed by atoms with van der Waals surface area (Å²) in [5, 5.41) is -0.110. The zero-order chi connectivity index (χ0) is 14.3. The molecule has 0 saturated carbocycles. The number of benzene rings is 2. The molecule has 0 heterocycles. The van der Waals surface area contributed by atoms with Crippen LogP contribution in [0.1, 0.15) is 11.0 Å². The van der Waals surface area contributed by atoms with Crippen LogP contribution in [0, 0.1) is 0 Å². The Hall–Kier alpha value is -0.580. The van der Waals surface area contributed by atoms with Gasteiger partial charge in [0.15, 0.2) is 5.40 Å². The molecule has 1 atom stereocenters. The lowest BCUT2D eigenvalue weighted by atomic mass is 10.1. The molecule has 0 amide bonds. The number of rotatable bonds is 3. The van der Waals surface area contributed by atoms with Crippen molar-refractivity contribution in [2.75, 3.05) is 0 Å². The maximum Gasteiger partial charge on any atom is 0.342 e. The normalized spacial score (nSPS) is 14.5. The fraction of sp³-hybridized carbons (Fsp3) is 0.0909. The van der Waals surface area contributed by atoms with Crippen LogP contribution in [0.3, 0.4) is 0 Å². The number of fused-ring (bicyclic) bond motifs is 1. The Morgan fingerprint density at radius 1 is 0.947 bits per heavy atom. The Morgan fingerprint density at radius 2 is 1.53 bits per heavy atom. The van der Waals surface area contributed by atoms with Crippen molar-refractivity contribution in [3.05, 3.63) is 48.0 Å². The van der Waals surface area contributed by atoms with E-state index >= 15 is 0 Å². The van der Waals surface area contributed by atoms with Gasteiger partial charge in [-0.25, -0.2) is 0 Å². The molecule has 0 saturated heterocycles. The lowest BCUT2D eigenvalue weighted by Gasteiger charge is -2.23. The molecule has 0 aliphatic heterocycles. The van der Waals surface area contributed by atoms with Crippen LogP contribution < -0.4 is 0 Å². The summed E-state index contributed by atoms with van der Waals surface area (Å²) in [6.45, 7) is -4.13. The maximum atomic E-state index is 11.5. The molecule has 2 aromatic carbocycles. The summed E-state index contributed by atoms with van der Waals surface area (Å²) in [6.07, 6.45) is 0. The van der Waals surface area contributed by atoms with Gasteiger partial charge >= 0.3 is 7.60 Å². The van der Waals surface area contributed by atoms with Crippen LogP contribution >= 0.6 is 14.1 Å². The third kappa shape index (κ3) is 3.30. The highest BCUT2D eigenvalue weighted by Gasteiger charge is 2.41. The van der Waals surface area contributed by atoms with Gasteiger partial charge in [-0.15, -0.1) is 0 Å². The first kappa shape index (κ1) is 14.8. The van der Waals surface area contributed by atoms with Crippen molar-refractivity contribution < 1.29 is 24.1 Å². The molecule has 1 unspecified atom stereocenters. The molecule has 8 heteroatoms. The third-order valence-corrected chi connectivity index (χ3v) is 7.55. The van der Waals surface area contributed by atoms with Crippen molar-refractivity contribution >= 4 is 36.7 Å². The van der Waals surface area contributed by atoms with Gasteiger partial charge in [-0.05, 0) is 34.2 Å². The highest BCUT2D eigenvalue weighted by Crippen LogP contribution is 2.70. The number of hydrogen-bond donors (Lipinski definition) is 4. The van der Waals surface area contributed by atoms with Crippen molar-refractivity contribution in [3.63, 3.8) is 0 Å². The Kier molecular flexibility index (Phi) is 3.96. The van der Waals surface area contributed by atoms with Crippen molar-refractivity contribution in [2.45, 2.75) is 5.40 Å². The van der Waals surface area contributed by atoms with E-state index in [0.717, 1.165) is 10.8 Å². The Balaban J connectivity index is 2.64. The van der Waals surface area contributed by atoms with Crippen LogP contribution in [0.25, 0.3) is 10.8 Å². The molecular weight excluding hydrogens is 306 g/mol. The molecule has 0 spiro atoms.